The maximum Gasteiger partial charge on any atom is 0.156 e. The Hall–Kier alpha value is -1.04. The lowest BCUT2D eigenvalue weighted by Crippen LogP contribution is -2.31. The Kier molecular flexibility index (Phi) is 3.71. The highest BCUT2D eigenvalue weighted by Gasteiger charge is 2.23. The third-order valence-electron chi connectivity index (χ3n) is 2.68. The molecule has 0 unspecified atom stereocenters. The van der Waals surface area contributed by atoms with E-state index in [4.69, 9.17) is 0 Å². The number of nitrogens with one attached hydrogen (secondary N) is 1. The third-order valence-corrected chi connectivity index (χ3v) is 4.16. The van der Waals surface area contributed by atoms with Gasteiger partial charge < -0.3 is 9.88 Å². The first-order valence-electron chi connectivity index (χ1n) is 5.88. The topological polar surface area (TPSA) is 55.1 Å². The number of hydrogen-bond donors (Lipinski definition) is 1. The van der Waals surface area contributed by atoms with E-state index in [1.807, 2.05) is 4.57 Å². The van der Waals surface area contributed by atoms with Crippen molar-refractivity contribution in [2.24, 2.45) is 10.4 Å². The molecule has 1 aliphatic heterocycles. The number of rotatable bonds is 3. The van der Waals surface area contributed by atoms with E-state index in [1.54, 1.807) is 18.1 Å². The molecule has 2 rings (SSSR count). The number of amidine groups is 1. The molecule has 0 atom stereocenters. The molecule has 0 bridgehead atoms. The van der Waals surface area contributed by atoms with Gasteiger partial charge in [0, 0.05) is 18.8 Å². The molecule has 1 N–H and O–H groups in total. The summed E-state index contributed by atoms with van der Waals surface area (Å²) >= 11 is 1.79. The lowest BCUT2D eigenvalue weighted by atomic mass is 9.97. The minimum absolute atomic E-state index is 0.319. The van der Waals surface area contributed by atoms with Gasteiger partial charge in [0.25, 0.3) is 0 Å². The van der Waals surface area contributed by atoms with Crippen molar-refractivity contribution in [1.29, 1.82) is 0 Å². The Balaban J connectivity index is 1.89. The van der Waals surface area contributed by atoms with Gasteiger partial charge in [0.05, 0.1) is 6.54 Å². The number of aryl methyl sites for hydroxylation is 1. The lowest BCUT2D eigenvalue weighted by molar-refractivity contribution is 0.436. The molecular weight excluding hydrogens is 234 g/mol. The van der Waals surface area contributed by atoms with Crippen LogP contribution in [0, 0.1) is 5.41 Å². The summed E-state index contributed by atoms with van der Waals surface area (Å²) in [6.45, 7) is 9.06. The Morgan fingerprint density at radius 3 is 3.00 bits per heavy atom. The van der Waals surface area contributed by atoms with E-state index in [0.29, 0.717) is 12.0 Å². The van der Waals surface area contributed by atoms with Gasteiger partial charge in [-0.2, -0.15) is 0 Å². The van der Waals surface area contributed by atoms with E-state index < -0.39 is 0 Å². The first kappa shape index (κ1) is 12.4. The Morgan fingerprint density at radius 1 is 1.53 bits per heavy atom. The van der Waals surface area contributed by atoms with E-state index in [-0.39, 0.29) is 0 Å². The van der Waals surface area contributed by atoms with Crippen molar-refractivity contribution in [3.8, 4) is 0 Å². The SMILES string of the molecule is CCn1cnnc1CNC1=NCC(C)(C)CS1. The smallest absolute Gasteiger partial charge is 0.156 e. The van der Waals surface area contributed by atoms with Gasteiger partial charge in [-0.3, -0.25) is 4.99 Å². The summed E-state index contributed by atoms with van der Waals surface area (Å²) in [7, 11) is 0. The molecule has 0 fully saturated rings. The fourth-order valence-corrected chi connectivity index (χ4v) is 2.53. The maximum absolute atomic E-state index is 4.55. The maximum atomic E-state index is 4.55. The van der Waals surface area contributed by atoms with E-state index in [1.165, 1.54) is 0 Å². The number of thioether (sulfide) groups is 1. The number of hydrogen-bond acceptors (Lipinski definition) is 5. The van der Waals surface area contributed by atoms with Gasteiger partial charge in [-0.15, -0.1) is 10.2 Å². The zero-order chi connectivity index (χ0) is 12.3. The fraction of sp³-hybridized carbons (Fsp3) is 0.727. The van der Waals surface area contributed by atoms with Gasteiger partial charge in [0.15, 0.2) is 11.0 Å². The Labute approximate surface area is 106 Å². The molecule has 0 saturated heterocycles. The molecule has 0 saturated carbocycles. The zero-order valence-corrected chi connectivity index (χ0v) is 11.4. The molecule has 1 aliphatic rings. The summed E-state index contributed by atoms with van der Waals surface area (Å²) in [6.07, 6.45) is 1.76. The van der Waals surface area contributed by atoms with Crippen LogP contribution in [0.25, 0.3) is 0 Å². The average molecular weight is 253 g/mol. The van der Waals surface area contributed by atoms with Gasteiger partial charge in [0.1, 0.15) is 6.33 Å². The molecule has 0 aromatic carbocycles. The van der Waals surface area contributed by atoms with Crippen LogP contribution in [0.15, 0.2) is 11.3 Å². The van der Waals surface area contributed by atoms with Gasteiger partial charge in [0.2, 0.25) is 0 Å². The quantitative estimate of drug-likeness (QED) is 0.887. The number of nitrogens with zero attached hydrogens (tertiary/aromatic N) is 4. The lowest BCUT2D eigenvalue weighted by Gasteiger charge is -2.27. The molecule has 0 amide bonds. The second-order valence-electron chi connectivity index (χ2n) is 4.96. The third kappa shape index (κ3) is 3.21. The van der Waals surface area contributed by atoms with Crippen LogP contribution in [0.2, 0.25) is 0 Å². The molecule has 17 heavy (non-hydrogen) atoms. The highest BCUT2D eigenvalue weighted by molar-refractivity contribution is 8.13. The van der Waals surface area contributed by atoms with Crippen molar-refractivity contribution in [3.63, 3.8) is 0 Å². The second-order valence-corrected chi connectivity index (χ2v) is 5.93. The summed E-state index contributed by atoms with van der Waals surface area (Å²) in [5.74, 6) is 2.07. The Bertz CT molecular complexity index is 410. The molecular formula is C11H19N5S. The van der Waals surface area contributed by atoms with Gasteiger partial charge >= 0.3 is 0 Å². The molecule has 0 radical (unpaired) electrons. The van der Waals surface area contributed by atoms with Gasteiger partial charge in [-0.25, -0.2) is 0 Å². The minimum Gasteiger partial charge on any atom is -0.358 e. The van der Waals surface area contributed by atoms with Crippen LogP contribution in [0.1, 0.15) is 26.6 Å². The molecule has 0 spiro atoms. The van der Waals surface area contributed by atoms with Crippen LogP contribution in [0.3, 0.4) is 0 Å². The van der Waals surface area contributed by atoms with Crippen LogP contribution in [0.5, 0.6) is 0 Å². The molecule has 2 heterocycles. The van der Waals surface area contributed by atoms with Crippen molar-refractivity contribution in [2.45, 2.75) is 33.9 Å². The summed E-state index contributed by atoms with van der Waals surface area (Å²) in [6, 6.07) is 0. The van der Waals surface area contributed by atoms with Crippen LogP contribution >= 0.6 is 11.8 Å². The normalized spacial score (nSPS) is 18.9. The standard InChI is InChI=1S/C11H19N5S/c1-4-16-8-14-15-9(16)5-12-10-13-6-11(2,3)7-17-10/h8H,4-7H2,1-3H3,(H,12,13). The average Bonchev–Trinajstić information content (AvgIpc) is 2.75. The zero-order valence-electron chi connectivity index (χ0n) is 10.6. The van der Waals surface area contributed by atoms with Crippen molar-refractivity contribution >= 4 is 16.9 Å². The first-order chi connectivity index (χ1) is 8.11. The highest BCUT2D eigenvalue weighted by atomic mass is 32.2. The fourth-order valence-electron chi connectivity index (χ4n) is 1.58. The first-order valence-corrected chi connectivity index (χ1v) is 6.87. The monoisotopic (exact) mass is 253 g/mol. The predicted octanol–water partition coefficient (Wildman–Crippen LogP) is 1.52. The molecule has 94 valence electrons. The highest BCUT2D eigenvalue weighted by Crippen LogP contribution is 2.26. The molecule has 5 nitrogen and oxygen atoms in total. The molecule has 0 aliphatic carbocycles. The largest absolute Gasteiger partial charge is 0.358 e. The number of aromatic nitrogens is 3. The van der Waals surface area contributed by atoms with Crippen LogP contribution < -0.4 is 5.32 Å². The van der Waals surface area contributed by atoms with Crippen molar-refractivity contribution in [2.75, 3.05) is 12.3 Å². The number of aliphatic imine (C=N–C) groups is 1. The van der Waals surface area contributed by atoms with E-state index in [9.17, 15) is 0 Å². The van der Waals surface area contributed by atoms with E-state index >= 15 is 0 Å². The van der Waals surface area contributed by atoms with Crippen LogP contribution in [-0.2, 0) is 13.1 Å². The van der Waals surface area contributed by atoms with E-state index in [2.05, 4.69) is 41.3 Å². The van der Waals surface area contributed by atoms with Crippen molar-refractivity contribution in [3.05, 3.63) is 12.2 Å². The molecule has 1 aromatic heterocycles. The Morgan fingerprint density at radius 2 is 2.35 bits per heavy atom. The summed E-state index contributed by atoms with van der Waals surface area (Å²) in [5.41, 5.74) is 0.319. The summed E-state index contributed by atoms with van der Waals surface area (Å²) < 4.78 is 2.03. The van der Waals surface area contributed by atoms with Crippen LogP contribution in [0.4, 0.5) is 0 Å². The van der Waals surface area contributed by atoms with Gasteiger partial charge in [-0.1, -0.05) is 25.6 Å². The predicted molar refractivity (Wildman–Crippen MR) is 71.1 cm³/mol. The molecule has 6 heteroatoms. The minimum atomic E-state index is 0.319. The van der Waals surface area contributed by atoms with Crippen molar-refractivity contribution < 1.29 is 0 Å². The molecule has 1 aromatic rings. The summed E-state index contributed by atoms with van der Waals surface area (Å²) in [4.78, 5) is 4.55. The van der Waals surface area contributed by atoms with E-state index in [0.717, 1.165) is 29.8 Å². The van der Waals surface area contributed by atoms with Gasteiger partial charge in [-0.05, 0) is 12.3 Å². The van der Waals surface area contributed by atoms with Crippen LogP contribution in [-0.4, -0.2) is 32.2 Å². The second kappa shape index (κ2) is 5.08. The van der Waals surface area contributed by atoms with Crippen molar-refractivity contribution in [1.82, 2.24) is 20.1 Å². The summed E-state index contributed by atoms with van der Waals surface area (Å²) in [5, 5.41) is 12.3.